The van der Waals surface area contributed by atoms with Crippen molar-refractivity contribution in [2.75, 3.05) is 0 Å². The number of hydrogen-bond donors (Lipinski definition) is 3. The van der Waals surface area contributed by atoms with Crippen molar-refractivity contribution in [3.05, 3.63) is 0 Å². The summed E-state index contributed by atoms with van der Waals surface area (Å²) in [6.45, 7) is 0. The standard InChI is InChI=1S/C14H25N3O2.ClH/c15-11-6-4-5-10(11)9-12(18)17-14(13(16)19)7-2-1-3-8-14;/h10-11H,1-9,15H2,(H2,16,19)(H,17,18);1H/t10-,11+;/m0./s1. The van der Waals surface area contributed by atoms with Crippen molar-refractivity contribution in [1.29, 1.82) is 0 Å². The van der Waals surface area contributed by atoms with Crippen LogP contribution in [0.25, 0.3) is 0 Å². The van der Waals surface area contributed by atoms with E-state index in [1.807, 2.05) is 0 Å². The van der Waals surface area contributed by atoms with Crippen molar-refractivity contribution in [3.8, 4) is 0 Å². The van der Waals surface area contributed by atoms with E-state index in [9.17, 15) is 9.59 Å². The van der Waals surface area contributed by atoms with Gasteiger partial charge in [0.25, 0.3) is 0 Å². The number of hydrogen-bond acceptors (Lipinski definition) is 3. The predicted molar refractivity (Wildman–Crippen MR) is 80.3 cm³/mol. The first-order valence-corrected chi connectivity index (χ1v) is 7.40. The molecule has 0 aromatic rings. The maximum absolute atomic E-state index is 12.1. The minimum absolute atomic E-state index is 0. The molecule has 2 saturated carbocycles. The van der Waals surface area contributed by atoms with E-state index in [-0.39, 0.29) is 30.3 Å². The third kappa shape index (κ3) is 3.85. The number of primary amides is 1. The van der Waals surface area contributed by atoms with E-state index in [4.69, 9.17) is 11.5 Å². The summed E-state index contributed by atoms with van der Waals surface area (Å²) in [7, 11) is 0. The Hall–Kier alpha value is -0.810. The summed E-state index contributed by atoms with van der Waals surface area (Å²) in [4.78, 5) is 23.8. The Bertz CT molecular complexity index is 356. The number of nitrogens with one attached hydrogen (secondary N) is 1. The minimum atomic E-state index is -0.808. The fourth-order valence-electron chi connectivity index (χ4n) is 3.46. The molecular weight excluding hydrogens is 278 g/mol. The van der Waals surface area contributed by atoms with Crippen molar-refractivity contribution in [3.63, 3.8) is 0 Å². The van der Waals surface area contributed by atoms with Crippen molar-refractivity contribution in [2.24, 2.45) is 17.4 Å². The van der Waals surface area contributed by atoms with Gasteiger partial charge in [0.15, 0.2) is 0 Å². The molecule has 116 valence electrons. The van der Waals surface area contributed by atoms with E-state index < -0.39 is 11.4 Å². The van der Waals surface area contributed by atoms with Crippen LogP contribution in [0.4, 0.5) is 0 Å². The van der Waals surface area contributed by atoms with Crippen LogP contribution in [-0.2, 0) is 9.59 Å². The summed E-state index contributed by atoms with van der Waals surface area (Å²) < 4.78 is 0. The fraction of sp³-hybridized carbons (Fsp3) is 0.857. The SMILES string of the molecule is Cl.NC(=O)C1(NC(=O)C[C@@H]2CCC[C@H]2N)CCCCC1. The van der Waals surface area contributed by atoms with Crippen molar-refractivity contribution >= 4 is 24.2 Å². The second-order valence-electron chi connectivity index (χ2n) is 6.11. The number of rotatable bonds is 4. The molecular formula is C14H26ClN3O2. The molecule has 2 fully saturated rings. The van der Waals surface area contributed by atoms with E-state index in [1.165, 1.54) is 0 Å². The number of halogens is 1. The topological polar surface area (TPSA) is 98.2 Å². The molecule has 5 nitrogen and oxygen atoms in total. The molecule has 0 bridgehead atoms. The summed E-state index contributed by atoms with van der Waals surface area (Å²) in [6.07, 6.45) is 7.89. The van der Waals surface area contributed by atoms with Gasteiger partial charge in [-0.15, -0.1) is 12.4 Å². The normalized spacial score (nSPS) is 28.4. The van der Waals surface area contributed by atoms with Crippen molar-refractivity contribution in [1.82, 2.24) is 5.32 Å². The van der Waals surface area contributed by atoms with Gasteiger partial charge in [-0.25, -0.2) is 0 Å². The van der Waals surface area contributed by atoms with Gasteiger partial charge in [0.2, 0.25) is 11.8 Å². The van der Waals surface area contributed by atoms with E-state index >= 15 is 0 Å². The molecule has 0 radical (unpaired) electrons. The summed E-state index contributed by atoms with van der Waals surface area (Å²) >= 11 is 0. The van der Waals surface area contributed by atoms with Gasteiger partial charge in [-0.1, -0.05) is 25.7 Å². The van der Waals surface area contributed by atoms with Gasteiger partial charge in [-0.3, -0.25) is 9.59 Å². The second-order valence-corrected chi connectivity index (χ2v) is 6.11. The Balaban J connectivity index is 0.00000200. The maximum atomic E-state index is 12.1. The molecule has 5 N–H and O–H groups in total. The zero-order chi connectivity index (χ0) is 13.9. The third-order valence-corrected chi connectivity index (χ3v) is 4.72. The van der Waals surface area contributed by atoms with Crippen LogP contribution in [0.3, 0.4) is 0 Å². The van der Waals surface area contributed by atoms with E-state index in [0.29, 0.717) is 19.3 Å². The van der Waals surface area contributed by atoms with Gasteiger partial charge in [0.1, 0.15) is 5.54 Å². The highest BCUT2D eigenvalue weighted by molar-refractivity contribution is 5.90. The molecule has 0 aromatic carbocycles. The average Bonchev–Trinajstić information content (AvgIpc) is 2.76. The van der Waals surface area contributed by atoms with Crippen LogP contribution < -0.4 is 16.8 Å². The van der Waals surface area contributed by atoms with Crippen LogP contribution in [0.5, 0.6) is 0 Å². The third-order valence-electron chi connectivity index (χ3n) is 4.72. The average molecular weight is 304 g/mol. The Morgan fingerprint density at radius 2 is 1.75 bits per heavy atom. The molecule has 6 heteroatoms. The van der Waals surface area contributed by atoms with Crippen molar-refractivity contribution < 1.29 is 9.59 Å². The monoisotopic (exact) mass is 303 g/mol. The lowest BCUT2D eigenvalue weighted by Gasteiger charge is -2.35. The second kappa shape index (κ2) is 7.27. The van der Waals surface area contributed by atoms with Gasteiger partial charge in [-0.2, -0.15) is 0 Å². The Morgan fingerprint density at radius 1 is 1.10 bits per heavy atom. The van der Waals surface area contributed by atoms with Crippen LogP contribution in [0.15, 0.2) is 0 Å². The zero-order valence-electron chi connectivity index (χ0n) is 11.9. The first kappa shape index (κ1) is 17.2. The highest BCUT2D eigenvalue weighted by Gasteiger charge is 2.39. The number of amides is 2. The molecule has 0 heterocycles. The summed E-state index contributed by atoms with van der Waals surface area (Å²) in [5.74, 6) is -0.201. The smallest absolute Gasteiger partial charge is 0.243 e. The largest absolute Gasteiger partial charge is 0.368 e. The van der Waals surface area contributed by atoms with Gasteiger partial charge in [-0.05, 0) is 31.6 Å². The van der Waals surface area contributed by atoms with E-state index in [2.05, 4.69) is 5.32 Å². The molecule has 2 rings (SSSR count). The van der Waals surface area contributed by atoms with Crippen LogP contribution in [0.2, 0.25) is 0 Å². The summed E-state index contributed by atoms with van der Waals surface area (Å²) in [5, 5.41) is 2.91. The zero-order valence-corrected chi connectivity index (χ0v) is 12.7. The molecule has 0 spiro atoms. The van der Waals surface area contributed by atoms with Crippen LogP contribution in [0.1, 0.15) is 57.8 Å². The lowest BCUT2D eigenvalue weighted by molar-refractivity contribution is -0.133. The van der Waals surface area contributed by atoms with Crippen molar-refractivity contribution in [2.45, 2.75) is 69.4 Å². The quantitative estimate of drug-likeness (QED) is 0.728. The molecule has 20 heavy (non-hydrogen) atoms. The van der Waals surface area contributed by atoms with Crippen LogP contribution in [0, 0.1) is 5.92 Å². The lowest BCUT2D eigenvalue weighted by Crippen LogP contribution is -2.58. The molecule has 0 unspecified atom stereocenters. The minimum Gasteiger partial charge on any atom is -0.368 e. The Morgan fingerprint density at radius 3 is 2.25 bits per heavy atom. The number of carbonyl (C=O) groups is 2. The summed E-state index contributed by atoms with van der Waals surface area (Å²) in [6, 6.07) is 0.127. The first-order chi connectivity index (χ1) is 9.03. The first-order valence-electron chi connectivity index (χ1n) is 7.40. The van der Waals surface area contributed by atoms with Gasteiger partial charge < -0.3 is 16.8 Å². The van der Waals surface area contributed by atoms with Gasteiger partial charge in [0.05, 0.1) is 0 Å². The fourth-order valence-corrected chi connectivity index (χ4v) is 3.46. The molecule has 2 aliphatic rings. The predicted octanol–water partition coefficient (Wildman–Crippen LogP) is 1.23. The van der Waals surface area contributed by atoms with Crippen LogP contribution in [-0.4, -0.2) is 23.4 Å². The molecule has 0 saturated heterocycles. The molecule has 2 atom stereocenters. The highest BCUT2D eigenvalue weighted by Crippen LogP contribution is 2.30. The molecule has 2 aliphatic carbocycles. The van der Waals surface area contributed by atoms with Gasteiger partial charge in [0, 0.05) is 12.5 Å². The molecule has 0 aromatic heterocycles. The maximum Gasteiger partial charge on any atom is 0.243 e. The lowest BCUT2D eigenvalue weighted by atomic mass is 9.80. The van der Waals surface area contributed by atoms with E-state index in [0.717, 1.165) is 38.5 Å². The summed E-state index contributed by atoms with van der Waals surface area (Å²) in [5.41, 5.74) is 10.7. The number of nitrogens with two attached hydrogens (primary N) is 2. The Labute approximate surface area is 126 Å². The molecule has 0 aliphatic heterocycles. The molecule has 2 amide bonds. The Kier molecular flexibility index (Phi) is 6.27. The highest BCUT2D eigenvalue weighted by atomic mass is 35.5. The van der Waals surface area contributed by atoms with Crippen LogP contribution >= 0.6 is 12.4 Å². The van der Waals surface area contributed by atoms with Gasteiger partial charge >= 0.3 is 0 Å². The number of carbonyl (C=O) groups excluding carboxylic acids is 2. The van der Waals surface area contributed by atoms with E-state index in [1.54, 1.807) is 0 Å².